The van der Waals surface area contributed by atoms with E-state index in [-0.39, 0.29) is 25.9 Å². The molecule has 6 unspecified atom stereocenters. The van der Waals surface area contributed by atoms with E-state index in [9.17, 15) is 34.5 Å². The summed E-state index contributed by atoms with van der Waals surface area (Å²) in [4.78, 5) is 51.3. The molecule has 12 nitrogen and oxygen atoms in total. The van der Waals surface area contributed by atoms with Crippen molar-refractivity contribution in [1.82, 2.24) is 0 Å². The fourth-order valence-electron chi connectivity index (χ4n) is 9.74. The highest BCUT2D eigenvalue weighted by molar-refractivity contribution is 5.74. The Morgan fingerprint density at radius 1 is 0.420 bits per heavy atom. The third-order valence-electron chi connectivity index (χ3n) is 14.8. The number of allylic oxidation sites excluding steroid dienone is 12. The van der Waals surface area contributed by atoms with Crippen LogP contribution in [0.4, 0.5) is 0 Å². The Morgan fingerprint density at radius 2 is 0.778 bits per heavy atom. The first-order chi connectivity index (χ1) is 39.6. The second kappa shape index (κ2) is 56.6. The molecule has 0 aromatic carbocycles. The molecule has 1 aliphatic heterocycles. The van der Waals surface area contributed by atoms with Crippen molar-refractivity contribution in [2.75, 3.05) is 13.2 Å². The zero-order chi connectivity index (χ0) is 58.9. The largest absolute Gasteiger partial charge is 0.479 e. The first-order valence-corrected chi connectivity index (χ1v) is 32.9. The molecule has 0 bridgehead atoms. The summed E-state index contributed by atoms with van der Waals surface area (Å²) in [6, 6.07) is 0. The number of esters is 3. The number of hydrogen-bond acceptors (Lipinski definition) is 11. The third kappa shape index (κ3) is 46.3. The summed E-state index contributed by atoms with van der Waals surface area (Å²) in [5.41, 5.74) is 0. The van der Waals surface area contributed by atoms with E-state index in [2.05, 4.69) is 93.7 Å². The van der Waals surface area contributed by atoms with Gasteiger partial charge < -0.3 is 39.0 Å². The first kappa shape index (κ1) is 75.2. The van der Waals surface area contributed by atoms with Gasteiger partial charge >= 0.3 is 23.9 Å². The molecule has 0 saturated carbocycles. The first-order valence-electron chi connectivity index (χ1n) is 32.9. The Morgan fingerprint density at radius 3 is 1.21 bits per heavy atom. The van der Waals surface area contributed by atoms with Crippen molar-refractivity contribution >= 4 is 23.9 Å². The van der Waals surface area contributed by atoms with Gasteiger partial charge in [0, 0.05) is 19.3 Å². The molecule has 0 spiro atoms. The van der Waals surface area contributed by atoms with Gasteiger partial charge in [-0.15, -0.1) is 0 Å². The number of rotatable bonds is 56. The average Bonchev–Trinajstić information content (AvgIpc) is 3.53. The van der Waals surface area contributed by atoms with Gasteiger partial charge in [-0.25, -0.2) is 4.79 Å². The van der Waals surface area contributed by atoms with Crippen LogP contribution in [-0.2, 0) is 42.9 Å². The molecule has 0 aromatic rings. The number of carbonyl (C=O) groups excluding carboxylic acids is 3. The lowest BCUT2D eigenvalue weighted by Gasteiger charge is -2.40. The van der Waals surface area contributed by atoms with E-state index in [0.717, 1.165) is 116 Å². The summed E-state index contributed by atoms with van der Waals surface area (Å²) in [6.07, 6.45) is 60.0. The minimum Gasteiger partial charge on any atom is -0.479 e. The number of aliphatic carboxylic acids is 1. The van der Waals surface area contributed by atoms with Crippen molar-refractivity contribution in [2.24, 2.45) is 0 Å². The Labute approximate surface area is 493 Å². The van der Waals surface area contributed by atoms with Crippen molar-refractivity contribution < 1.29 is 58.2 Å². The minimum absolute atomic E-state index is 0.0300. The number of aliphatic hydroxyl groups is 2. The number of carboxylic acid groups (broad SMARTS) is 1. The molecule has 1 saturated heterocycles. The second-order valence-corrected chi connectivity index (χ2v) is 22.4. The summed E-state index contributed by atoms with van der Waals surface area (Å²) in [5, 5.41) is 31.6. The molecule has 0 aromatic heterocycles. The van der Waals surface area contributed by atoms with Crippen LogP contribution in [-0.4, -0.2) is 89.2 Å². The van der Waals surface area contributed by atoms with Crippen molar-refractivity contribution in [3.8, 4) is 0 Å². The number of carboxylic acids is 1. The lowest BCUT2D eigenvalue weighted by Crippen LogP contribution is -2.61. The second-order valence-electron chi connectivity index (χ2n) is 22.4. The Bertz CT molecular complexity index is 1680. The summed E-state index contributed by atoms with van der Waals surface area (Å²) in [7, 11) is 0. The van der Waals surface area contributed by atoms with E-state index >= 15 is 0 Å². The van der Waals surface area contributed by atoms with Crippen LogP contribution in [0.5, 0.6) is 0 Å². The minimum atomic E-state index is -1.92. The van der Waals surface area contributed by atoms with E-state index in [0.29, 0.717) is 19.3 Å². The van der Waals surface area contributed by atoms with E-state index in [1.54, 1.807) is 0 Å². The number of carbonyl (C=O) groups is 4. The predicted octanol–water partition coefficient (Wildman–Crippen LogP) is 17.7. The molecule has 0 amide bonds. The van der Waals surface area contributed by atoms with Crippen LogP contribution >= 0.6 is 0 Å². The smallest absolute Gasteiger partial charge is 0.335 e. The number of aliphatic hydroxyl groups excluding tert-OH is 2. The van der Waals surface area contributed by atoms with Crippen molar-refractivity contribution in [1.29, 1.82) is 0 Å². The molecule has 1 aliphatic rings. The predicted molar refractivity (Wildman–Crippen MR) is 331 cm³/mol. The highest BCUT2D eigenvalue weighted by Crippen LogP contribution is 2.27. The molecule has 3 N–H and O–H groups in total. The molecule has 1 fully saturated rings. The maximum Gasteiger partial charge on any atom is 0.335 e. The maximum atomic E-state index is 13.2. The van der Waals surface area contributed by atoms with E-state index in [4.69, 9.17) is 23.7 Å². The fraction of sp³-hybridized carbons (Fsp3) is 0.768. The molecular weight excluding hydrogens is 1020 g/mol. The molecule has 1 heterocycles. The quantitative estimate of drug-likeness (QED) is 0.0228. The maximum absolute atomic E-state index is 13.2. The van der Waals surface area contributed by atoms with E-state index in [1.807, 2.05) is 0 Å². The lowest BCUT2D eigenvalue weighted by molar-refractivity contribution is -0.301. The highest BCUT2D eigenvalue weighted by atomic mass is 16.7. The summed E-state index contributed by atoms with van der Waals surface area (Å²) in [5.74, 6) is -3.15. The van der Waals surface area contributed by atoms with Crippen molar-refractivity contribution in [3.05, 3.63) is 72.9 Å². The zero-order valence-electron chi connectivity index (χ0n) is 51.5. The van der Waals surface area contributed by atoms with Crippen molar-refractivity contribution in [2.45, 2.75) is 327 Å². The molecule has 0 aliphatic carbocycles. The topological polar surface area (TPSA) is 175 Å². The Hall–Kier alpha value is -3.84. The van der Waals surface area contributed by atoms with Gasteiger partial charge in [-0.05, 0) is 89.9 Å². The van der Waals surface area contributed by atoms with Crippen LogP contribution in [0, 0.1) is 0 Å². The summed E-state index contributed by atoms with van der Waals surface area (Å²) < 4.78 is 28.5. The normalized spacial score (nSPS) is 18.2. The van der Waals surface area contributed by atoms with Gasteiger partial charge in [-0.1, -0.05) is 254 Å². The van der Waals surface area contributed by atoms with Crippen LogP contribution in [0.2, 0.25) is 0 Å². The SMILES string of the molecule is CC/C=C\C/C=C\C/C=C\C/C=C\CCCCCCC(=O)OC1C(OCC(COC(=O)CCCCCCCCCCCCCCCCCCCCC)OC(=O)CCCCCCC/C=C\C/C=C\CCCCC)OC(C(=O)O)C(O)C1O. The highest BCUT2D eigenvalue weighted by Gasteiger charge is 2.50. The van der Waals surface area contributed by atoms with E-state index in [1.165, 1.54) is 116 Å². The van der Waals surface area contributed by atoms with Crippen molar-refractivity contribution in [3.63, 3.8) is 0 Å². The molecule has 12 heteroatoms. The van der Waals surface area contributed by atoms with E-state index < -0.39 is 67.3 Å². The van der Waals surface area contributed by atoms with Crippen LogP contribution in [0.3, 0.4) is 0 Å². The van der Waals surface area contributed by atoms with Crippen LogP contribution in [0.25, 0.3) is 0 Å². The van der Waals surface area contributed by atoms with Gasteiger partial charge in [0.05, 0.1) is 6.61 Å². The van der Waals surface area contributed by atoms with Crippen LogP contribution < -0.4 is 0 Å². The number of unbranched alkanes of at least 4 members (excludes halogenated alkanes) is 30. The van der Waals surface area contributed by atoms with Gasteiger partial charge in [0.25, 0.3) is 0 Å². The Kier molecular flexibility index (Phi) is 52.6. The Balaban J connectivity index is 2.66. The monoisotopic (exact) mass is 1140 g/mol. The third-order valence-corrected chi connectivity index (χ3v) is 14.8. The average molecular weight is 1140 g/mol. The molecular formula is C69H118O12. The number of ether oxygens (including phenoxy) is 5. The molecule has 81 heavy (non-hydrogen) atoms. The van der Waals surface area contributed by atoms with Gasteiger partial charge in [0.2, 0.25) is 0 Å². The summed E-state index contributed by atoms with van der Waals surface area (Å²) in [6.45, 7) is 5.87. The zero-order valence-corrected chi connectivity index (χ0v) is 51.5. The standard InChI is InChI=1S/C69H118O12/c1-4-7-10-13-16-19-22-25-28-30-31-33-35-37-40-43-46-49-52-55-61(70)77-58-60(79-62(71)56-53-50-47-44-41-38-34-27-24-21-18-15-12-9-6-3)59-78-69-67(65(74)64(73)66(81-69)68(75)76)80-63(72)57-54-51-48-45-42-39-36-32-29-26-23-20-17-14-11-8-5-2/h8,11,17-18,20-21,26-27,29,34,36,39,60,64-67,69,73-74H,4-7,9-10,12-16,19,22-25,28,30-33,35,37-38,40-59H2,1-3H3,(H,75,76)/b11-8-,20-17-,21-18-,29-26-,34-27-,39-36-. The molecule has 6 atom stereocenters. The molecule has 0 radical (unpaired) electrons. The lowest BCUT2D eigenvalue weighted by atomic mass is 9.98. The molecule has 1 rings (SSSR count). The molecule has 466 valence electrons. The van der Waals surface area contributed by atoms with Gasteiger partial charge in [-0.2, -0.15) is 0 Å². The van der Waals surface area contributed by atoms with Crippen LogP contribution in [0.15, 0.2) is 72.9 Å². The summed E-state index contributed by atoms with van der Waals surface area (Å²) >= 11 is 0. The van der Waals surface area contributed by atoms with Gasteiger partial charge in [0.15, 0.2) is 24.6 Å². The fourth-order valence-corrected chi connectivity index (χ4v) is 9.74. The van der Waals surface area contributed by atoms with Gasteiger partial charge in [-0.3, -0.25) is 14.4 Å². The van der Waals surface area contributed by atoms with Crippen LogP contribution in [0.1, 0.15) is 290 Å². The number of hydrogen-bond donors (Lipinski definition) is 3. The van der Waals surface area contributed by atoms with Gasteiger partial charge in [0.1, 0.15) is 18.8 Å².